The van der Waals surface area contributed by atoms with E-state index in [1.807, 2.05) is 44.3 Å². The standard InChI is InChI=1S/C14H18N2OS/c1-11-15-13(10-18-11)8-16(2)9-14(17)12-6-4-3-5-7-12/h3-7,10,14,17H,8-9H2,1-2H3. The van der Waals surface area contributed by atoms with Gasteiger partial charge in [-0.1, -0.05) is 30.3 Å². The van der Waals surface area contributed by atoms with E-state index in [9.17, 15) is 5.11 Å². The Morgan fingerprint density at radius 1 is 1.33 bits per heavy atom. The minimum absolute atomic E-state index is 0.448. The summed E-state index contributed by atoms with van der Waals surface area (Å²) in [4.78, 5) is 6.52. The van der Waals surface area contributed by atoms with Crippen molar-refractivity contribution in [3.8, 4) is 0 Å². The molecule has 1 heterocycles. The number of rotatable bonds is 5. The van der Waals surface area contributed by atoms with Gasteiger partial charge in [0.2, 0.25) is 0 Å². The van der Waals surface area contributed by atoms with E-state index in [-0.39, 0.29) is 0 Å². The third kappa shape index (κ3) is 3.63. The zero-order valence-electron chi connectivity index (χ0n) is 10.7. The van der Waals surface area contributed by atoms with E-state index in [0.717, 1.165) is 22.8 Å². The molecule has 0 saturated carbocycles. The molecule has 0 saturated heterocycles. The Labute approximate surface area is 112 Å². The molecule has 0 bridgehead atoms. The number of nitrogens with zero attached hydrogens (tertiary/aromatic N) is 2. The van der Waals surface area contributed by atoms with Crippen molar-refractivity contribution in [3.05, 3.63) is 52.0 Å². The quantitative estimate of drug-likeness (QED) is 0.900. The molecule has 0 fully saturated rings. The lowest BCUT2D eigenvalue weighted by Gasteiger charge is -2.19. The Bertz CT molecular complexity index is 484. The lowest BCUT2D eigenvalue weighted by molar-refractivity contribution is 0.123. The first-order valence-corrected chi connectivity index (χ1v) is 6.85. The highest BCUT2D eigenvalue weighted by atomic mass is 32.1. The number of thiazole rings is 1. The van der Waals surface area contributed by atoms with Gasteiger partial charge in [-0.05, 0) is 19.5 Å². The van der Waals surface area contributed by atoms with Gasteiger partial charge in [-0.3, -0.25) is 4.90 Å². The second kappa shape index (κ2) is 6.09. The zero-order chi connectivity index (χ0) is 13.0. The summed E-state index contributed by atoms with van der Waals surface area (Å²) in [6.07, 6.45) is -0.448. The van der Waals surface area contributed by atoms with Crippen molar-refractivity contribution in [2.75, 3.05) is 13.6 Å². The number of aryl methyl sites for hydroxylation is 1. The molecule has 18 heavy (non-hydrogen) atoms. The predicted octanol–water partition coefficient (Wildman–Crippen LogP) is 2.62. The molecule has 2 aromatic rings. The molecule has 0 aliphatic carbocycles. The number of aromatic nitrogens is 1. The van der Waals surface area contributed by atoms with Gasteiger partial charge < -0.3 is 5.11 Å². The predicted molar refractivity (Wildman–Crippen MR) is 74.6 cm³/mol. The molecule has 1 aromatic heterocycles. The highest BCUT2D eigenvalue weighted by Crippen LogP contribution is 2.15. The third-order valence-corrected chi connectivity index (χ3v) is 3.59. The first kappa shape index (κ1) is 13.2. The average molecular weight is 262 g/mol. The Morgan fingerprint density at radius 2 is 2.06 bits per heavy atom. The minimum Gasteiger partial charge on any atom is -0.387 e. The molecule has 4 heteroatoms. The number of hydrogen-bond donors (Lipinski definition) is 1. The van der Waals surface area contributed by atoms with Crippen molar-refractivity contribution in [2.24, 2.45) is 0 Å². The second-order valence-electron chi connectivity index (χ2n) is 4.48. The van der Waals surface area contributed by atoms with Crippen LogP contribution in [0.4, 0.5) is 0 Å². The van der Waals surface area contributed by atoms with Gasteiger partial charge in [0.25, 0.3) is 0 Å². The maximum Gasteiger partial charge on any atom is 0.0916 e. The Kier molecular flexibility index (Phi) is 4.47. The molecule has 96 valence electrons. The van der Waals surface area contributed by atoms with E-state index >= 15 is 0 Å². The van der Waals surface area contributed by atoms with Gasteiger partial charge in [-0.2, -0.15) is 0 Å². The van der Waals surface area contributed by atoms with E-state index in [2.05, 4.69) is 15.3 Å². The van der Waals surface area contributed by atoms with Crippen molar-refractivity contribution in [3.63, 3.8) is 0 Å². The minimum atomic E-state index is -0.448. The van der Waals surface area contributed by atoms with Crippen molar-refractivity contribution in [2.45, 2.75) is 19.6 Å². The molecule has 1 unspecified atom stereocenters. The first-order valence-electron chi connectivity index (χ1n) is 5.97. The molecular weight excluding hydrogens is 244 g/mol. The number of hydrogen-bond acceptors (Lipinski definition) is 4. The fraction of sp³-hybridized carbons (Fsp3) is 0.357. The maximum atomic E-state index is 10.1. The Balaban J connectivity index is 1.89. The Hall–Kier alpha value is -1.23. The monoisotopic (exact) mass is 262 g/mol. The zero-order valence-corrected chi connectivity index (χ0v) is 11.5. The molecule has 3 nitrogen and oxygen atoms in total. The van der Waals surface area contributed by atoms with Gasteiger partial charge in [0.1, 0.15) is 0 Å². The SMILES string of the molecule is Cc1nc(CN(C)CC(O)c2ccccc2)cs1. The van der Waals surface area contributed by atoms with Crippen LogP contribution in [0.5, 0.6) is 0 Å². The van der Waals surface area contributed by atoms with Crippen LogP contribution >= 0.6 is 11.3 Å². The fourth-order valence-corrected chi connectivity index (χ4v) is 2.50. The molecule has 1 aromatic carbocycles. The van der Waals surface area contributed by atoms with Crippen LogP contribution in [-0.4, -0.2) is 28.6 Å². The van der Waals surface area contributed by atoms with Crippen LogP contribution in [0.1, 0.15) is 22.4 Å². The molecule has 1 N–H and O–H groups in total. The number of likely N-dealkylation sites (N-methyl/N-ethyl adjacent to an activating group) is 1. The summed E-state index contributed by atoms with van der Waals surface area (Å²) in [6.45, 7) is 3.39. The van der Waals surface area contributed by atoms with Gasteiger partial charge in [0.15, 0.2) is 0 Å². The lowest BCUT2D eigenvalue weighted by Crippen LogP contribution is -2.24. The summed E-state index contributed by atoms with van der Waals surface area (Å²) < 4.78 is 0. The first-order chi connectivity index (χ1) is 8.65. The van der Waals surface area contributed by atoms with Gasteiger partial charge >= 0.3 is 0 Å². The van der Waals surface area contributed by atoms with Crippen LogP contribution in [0.15, 0.2) is 35.7 Å². The van der Waals surface area contributed by atoms with Crippen LogP contribution in [0.3, 0.4) is 0 Å². The highest BCUT2D eigenvalue weighted by Gasteiger charge is 2.11. The van der Waals surface area contributed by atoms with Gasteiger partial charge in [-0.25, -0.2) is 4.98 Å². The van der Waals surface area contributed by atoms with E-state index in [0.29, 0.717) is 6.54 Å². The molecule has 0 aliphatic heterocycles. The van der Waals surface area contributed by atoms with Crippen LogP contribution in [0, 0.1) is 6.92 Å². The largest absolute Gasteiger partial charge is 0.387 e. The lowest BCUT2D eigenvalue weighted by atomic mass is 10.1. The molecule has 0 amide bonds. The summed E-state index contributed by atoms with van der Waals surface area (Å²) in [7, 11) is 2.00. The van der Waals surface area contributed by atoms with Crippen molar-refractivity contribution < 1.29 is 5.11 Å². The fourth-order valence-electron chi connectivity index (χ4n) is 1.90. The number of aliphatic hydroxyl groups is 1. The molecule has 1 atom stereocenters. The third-order valence-electron chi connectivity index (χ3n) is 2.77. The summed E-state index contributed by atoms with van der Waals surface area (Å²) in [5.41, 5.74) is 2.03. The van der Waals surface area contributed by atoms with Crippen LogP contribution in [0.2, 0.25) is 0 Å². The Morgan fingerprint density at radius 3 is 2.67 bits per heavy atom. The van der Waals surface area contributed by atoms with Crippen LogP contribution in [0.25, 0.3) is 0 Å². The van der Waals surface area contributed by atoms with Crippen molar-refractivity contribution >= 4 is 11.3 Å². The van der Waals surface area contributed by atoms with Crippen LogP contribution < -0.4 is 0 Å². The van der Waals surface area contributed by atoms with E-state index < -0.39 is 6.10 Å². The molecule has 0 spiro atoms. The van der Waals surface area contributed by atoms with Crippen molar-refractivity contribution in [1.29, 1.82) is 0 Å². The van der Waals surface area contributed by atoms with Crippen LogP contribution in [-0.2, 0) is 6.54 Å². The number of aliphatic hydroxyl groups excluding tert-OH is 1. The smallest absolute Gasteiger partial charge is 0.0916 e. The molecule has 2 rings (SSSR count). The van der Waals surface area contributed by atoms with Crippen molar-refractivity contribution in [1.82, 2.24) is 9.88 Å². The van der Waals surface area contributed by atoms with Gasteiger partial charge in [-0.15, -0.1) is 11.3 Å². The summed E-state index contributed by atoms with van der Waals surface area (Å²) in [6, 6.07) is 9.75. The topological polar surface area (TPSA) is 36.4 Å². The molecule has 0 aliphatic rings. The summed E-state index contributed by atoms with van der Waals surface area (Å²) in [5, 5.41) is 13.3. The van der Waals surface area contributed by atoms with E-state index in [1.165, 1.54) is 0 Å². The molecular formula is C14H18N2OS. The van der Waals surface area contributed by atoms with E-state index in [4.69, 9.17) is 0 Å². The normalized spacial score (nSPS) is 12.9. The maximum absolute atomic E-state index is 10.1. The van der Waals surface area contributed by atoms with E-state index in [1.54, 1.807) is 11.3 Å². The molecule has 0 radical (unpaired) electrons. The summed E-state index contributed by atoms with van der Waals surface area (Å²) in [5.74, 6) is 0. The number of benzene rings is 1. The highest BCUT2D eigenvalue weighted by molar-refractivity contribution is 7.09. The second-order valence-corrected chi connectivity index (χ2v) is 5.54. The average Bonchev–Trinajstić information content (AvgIpc) is 2.75. The van der Waals surface area contributed by atoms with Gasteiger partial charge in [0.05, 0.1) is 16.8 Å². The summed E-state index contributed by atoms with van der Waals surface area (Å²) >= 11 is 1.66. The van der Waals surface area contributed by atoms with Gasteiger partial charge in [0, 0.05) is 18.5 Å².